The lowest BCUT2D eigenvalue weighted by Crippen LogP contribution is -2.44. The molecule has 0 saturated heterocycles. The Kier molecular flexibility index (Phi) is 2.64. The van der Waals surface area contributed by atoms with Crippen molar-refractivity contribution in [2.45, 2.75) is 23.3 Å². The van der Waals surface area contributed by atoms with E-state index in [4.69, 9.17) is 15.2 Å². The van der Waals surface area contributed by atoms with E-state index < -0.39 is 11.5 Å². The van der Waals surface area contributed by atoms with E-state index in [9.17, 15) is 9.90 Å². The second-order valence-electron chi connectivity index (χ2n) is 4.43. The molecule has 1 unspecified atom stereocenters. The number of carboxylic acids is 1. The van der Waals surface area contributed by atoms with E-state index in [-0.39, 0.29) is 6.79 Å². The van der Waals surface area contributed by atoms with Gasteiger partial charge in [0.25, 0.3) is 0 Å². The molecule has 0 radical (unpaired) electrons. The highest BCUT2D eigenvalue weighted by Gasteiger charge is 2.40. The van der Waals surface area contributed by atoms with Crippen molar-refractivity contribution in [3.05, 3.63) is 17.7 Å². The molecule has 1 atom stereocenters. The van der Waals surface area contributed by atoms with Crippen LogP contribution in [0.4, 0.5) is 0 Å². The monoisotopic (exact) mass is 267 g/mol. The number of aliphatic carboxylic acids is 1. The molecule has 3 N–H and O–H groups in total. The molecule has 2 aliphatic heterocycles. The average Bonchev–Trinajstić information content (AvgIpc) is 2.73. The van der Waals surface area contributed by atoms with Gasteiger partial charge in [0.1, 0.15) is 5.54 Å². The number of carboxylic acid groups (broad SMARTS) is 1. The fraction of sp³-hybridized carbons (Fsp3) is 0.417. The Morgan fingerprint density at radius 3 is 2.83 bits per heavy atom. The highest BCUT2D eigenvalue weighted by Crippen LogP contribution is 2.44. The van der Waals surface area contributed by atoms with E-state index >= 15 is 0 Å². The highest BCUT2D eigenvalue weighted by atomic mass is 32.2. The minimum absolute atomic E-state index is 0.174. The first-order valence-corrected chi connectivity index (χ1v) is 6.69. The molecule has 5 nitrogen and oxygen atoms in total. The Morgan fingerprint density at radius 2 is 2.11 bits per heavy atom. The van der Waals surface area contributed by atoms with Crippen LogP contribution in [0.3, 0.4) is 0 Å². The van der Waals surface area contributed by atoms with Gasteiger partial charge in [-0.3, -0.25) is 0 Å². The summed E-state index contributed by atoms with van der Waals surface area (Å²) in [6.45, 7) is 0.174. The van der Waals surface area contributed by atoms with Gasteiger partial charge in [0.2, 0.25) is 6.79 Å². The first-order valence-electron chi connectivity index (χ1n) is 5.70. The average molecular weight is 267 g/mol. The normalized spacial score (nSPS) is 25.4. The van der Waals surface area contributed by atoms with Gasteiger partial charge in [0, 0.05) is 10.5 Å². The second-order valence-corrected chi connectivity index (χ2v) is 5.57. The maximum Gasteiger partial charge on any atom is 0.328 e. The van der Waals surface area contributed by atoms with Crippen LogP contribution >= 0.6 is 11.8 Å². The van der Waals surface area contributed by atoms with Crippen LogP contribution in [0.1, 0.15) is 18.4 Å². The van der Waals surface area contributed by atoms with Gasteiger partial charge in [-0.05, 0) is 30.7 Å². The molecular formula is C12H13NO4S. The van der Waals surface area contributed by atoms with Gasteiger partial charge < -0.3 is 20.3 Å². The van der Waals surface area contributed by atoms with Gasteiger partial charge in [-0.15, -0.1) is 11.8 Å². The van der Waals surface area contributed by atoms with Gasteiger partial charge >= 0.3 is 5.97 Å². The summed E-state index contributed by atoms with van der Waals surface area (Å²) in [5.41, 5.74) is 5.39. The molecular weight excluding hydrogens is 254 g/mol. The molecule has 0 bridgehead atoms. The Bertz CT molecular complexity index is 519. The number of thioether (sulfide) groups is 1. The number of benzene rings is 1. The van der Waals surface area contributed by atoms with Gasteiger partial charge in [0.05, 0.1) is 0 Å². The molecule has 0 aromatic heterocycles. The first-order chi connectivity index (χ1) is 8.61. The van der Waals surface area contributed by atoms with Crippen molar-refractivity contribution in [1.82, 2.24) is 0 Å². The van der Waals surface area contributed by atoms with E-state index in [2.05, 4.69) is 0 Å². The Morgan fingerprint density at radius 1 is 1.39 bits per heavy atom. The van der Waals surface area contributed by atoms with E-state index in [1.807, 2.05) is 6.07 Å². The van der Waals surface area contributed by atoms with Crippen molar-refractivity contribution in [1.29, 1.82) is 0 Å². The van der Waals surface area contributed by atoms with Crippen molar-refractivity contribution in [2.75, 3.05) is 12.5 Å². The number of ether oxygens (including phenoxy) is 2. The lowest BCUT2D eigenvalue weighted by Gasteiger charge is -2.25. The van der Waals surface area contributed by atoms with Crippen LogP contribution in [0.5, 0.6) is 11.5 Å². The van der Waals surface area contributed by atoms with E-state index in [0.717, 1.165) is 17.1 Å². The predicted molar refractivity (Wildman–Crippen MR) is 66.0 cm³/mol. The molecule has 0 amide bonds. The number of rotatable bonds is 1. The van der Waals surface area contributed by atoms with Crippen LogP contribution in [-0.2, 0) is 10.3 Å². The number of carbonyl (C=O) groups is 1. The summed E-state index contributed by atoms with van der Waals surface area (Å²) in [6.07, 6.45) is 1.20. The number of nitrogens with two attached hydrogens (primary N) is 1. The minimum Gasteiger partial charge on any atom is -0.480 e. The lowest BCUT2D eigenvalue weighted by molar-refractivity contribution is -0.144. The summed E-state index contributed by atoms with van der Waals surface area (Å²) in [5.74, 6) is 1.10. The quantitative estimate of drug-likeness (QED) is 0.803. The molecule has 3 rings (SSSR count). The largest absolute Gasteiger partial charge is 0.480 e. The van der Waals surface area contributed by atoms with Crippen molar-refractivity contribution in [3.8, 4) is 11.5 Å². The third kappa shape index (κ3) is 1.64. The van der Waals surface area contributed by atoms with Crippen molar-refractivity contribution >= 4 is 17.7 Å². The van der Waals surface area contributed by atoms with Crippen LogP contribution in [0.25, 0.3) is 0 Å². The van der Waals surface area contributed by atoms with Gasteiger partial charge in [-0.2, -0.15) is 0 Å². The lowest BCUT2D eigenvalue weighted by atomic mass is 9.86. The third-order valence-corrected chi connectivity index (χ3v) is 4.45. The second kappa shape index (κ2) is 4.07. The summed E-state index contributed by atoms with van der Waals surface area (Å²) in [5, 5.41) is 9.41. The summed E-state index contributed by atoms with van der Waals surface area (Å²) < 4.78 is 10.6. The molecule has 6 heteroatoms. The van der Waals surface area contributed by atoms with Crippen molar-refractivity contribution in [3.63, 3.8) is 0 Å². The van der Waals surface area contributed by atoms with Gasteiger partial charge in [-0.1, -0.05) is 0 Å². The fourth-order valence-electron chi connectivity index (χ4n) is 2.28. The van der Waals surface area contributed by atoms with Crippen LogP contribution in [0.15, 0.2) is 17.0 Å². The first kappa shape index (κ1) is 11.7. The molecule has 1 aromatic carbocycles. The van der Waals surface area contributed by atoms with Gasteiger partial charge in [-0.25, -0.2) is 4.79 Å². The minimum atomic E-state index is -1.33. The maximum atomic E-state index is 11.5. The van der Waals surface area contributed by atoms with Crippen LogP contribution in [0.2, 0.25) is 0 Å². The Labute approximate surface area is 108 Å². The molecule has 96 valence electrons. The van der Waals surface area contributed by atoms with E-state index in [0.29, 0.717) is 23.5 Å². The SMILES string of the molecule is NC1(C(=O)O)CCCSc2cc3c(cc21)OCO3. The van der Waals surface area contributed by atoms with E-state index in [1.165, 1.54) is 0 Å². The fourth-order valence-corrected chi connectivity index (χ4v) is 3.38. The summed E-state index contributed by atoms with van der Waals surface area (Å²) in [4.78, 5) is 12.4. The smallest absolute Gasteiger partial charge is 0.328 e. The summed E-state index contributed by atoms with van der Waals surface area (Å²) in [7, 11) is 0. The van der Waals surface area contributed by atoms with Crippen molar-refractivity contribution in [2.24, 2.45) is 5.73 Å². The standard InChI is InChI=1S/C12H13NO4S/c13-12(11(14)15)2-1-3-18-10-5-9-8(4-7(10)12)16-6-17-9/h4-5H,1-3,6,13H2,(H,14,15). The molecule has 0 spiro atoms. The Hall–Kier alpha value is -1.40. The number of hydrogen-bond donors (Lipinski definition) is 2. The van der Waals surface area contributed by atoms with Gasteiger partial charge in [0.15, 0.2) is 11.5 Å². The highest BCUT2D eigenvalue weighted by molar-refractivity contribution is 7.99. The van der Waals surface area contributed by atoms with Crippen molar-refractivity contribution < 1.29 is 19.4 Å². The zero-order valence-corrected chi connectivity index (χ0v) is 10.5. The molecule has 0 aliphatic carbocycles. The zero-order valence-electron chi connectivity index (χ0n) is 9.64. The summed E-state index contributed by atoms with van der Waals surface area (Å²) >= 11 is 1.62. The topological polar surface area (TPSA) is 81.8 Å². The number of hydrogen-bond acceptors (Lipinski definition) is 5. The third-order valence-electron chi connectivity index (χ3n) is 3.31. The molecule has 1 aromatic rings. The van der Waals surface area contributed by atoms with Crippen LogP contribution < -0.4 is 15.2 Å². The molecule has 0 saturated carbocycles. The Balaban J connectivity index is 2.17. The molecule has 2 heterocycles. The molecule has 0 fully saturated rings. The zero-order chi connectivity index (χ0) is 12.8. The molecule has 2 aliphatic rings. The summed E-state index contributed by atoms with van der Waals surface area (Å²) in [6, 6.07) is 3.54. The van der Waals surface area contributed by atoms with E-state index in [1.54, 1.807) is 17.8 Å². The maximum absolute atomic E-state index is 11.5. The van der Waals surface area contributed by atoms with Crippen LogP contribution in [-0.4, -0.2) is 23.6 Å². The van der Waals surface area contributed by atoms with Crippen LogP contribution in [0, 0.1) is 0 Å². The predicted octanol–water partition coefficient (Wildman–Crippen LogP) is 1.54. The molecule has 18 heavy (non-hydrogen) atoms. The number of fused-ring (bicyclic) bond motifs is 2.